The fraction of sp³-hybridized carbons (Fsp3) is 0.450. The maximum atomic E-state index is 11.6. The van der Waals surface area contributed by atoms with Crippen molar-refractivity contribution in [3.63, 3.8) is 0 Å². The molecule has 10 heteroatoms. The molecule has 0 unspecified atom stereocenters. The molecule has 30 heavy (non-hydrogen) atoms. The van der Waals surface area contributed by atoms with Crippen LogP contribution in [0.1, 0.15) is 50.8 Å². The number of benzene rings is 1. The first-order valence-corrected chi connectivity index (χ1v) is 9.87. The minimum absolute atomic E-state index is 0.103. The van der Waals surface area contributed by atoms with E-state index in [1.165, 1.54) is 25.5 Å². The molecule has 2 rings (SSSR count). The highest BCUT2D eigenvalue weighted by molar-refractivity contribution is 5.83. The molecule has 0 radical (unpaired) electrons. The van der Waals surface area contributed by atoms with Crippen molar-refractivity contribution in [3.8, 4) is 11.5 Å². The summed E-state index contributed by atoms with van der Waals surface area (Å²) in [6.45, 7) is 4.37. The van der Waals surface area contributed by atoms with E-state index >= 15 is 0 Å². The first-order chi connectivity index (χ1) is 14.5. The molecular weight excluding hydrogens is 390 g/mol. The maximum absolute atomic E-state index is 11.6. The predicted molar refractivity (Wildman–Crippen MR) is 115 cm³/mol. The van der Waals surface area contributed by atoms with Gasteiger partial charge >= 0.3 is 5.69 Å². The van der Waals surface area contributed by atoms with Crippen molar-refractivity contribution in [2.75, 3.05) is 19.1 Å². The van der Waals surface area contributed by atoms with Crippen molar-refractivity contribution in [3.05, 3.63) is 49.9 Å². The summed E-state index contributed by atoms with van der Waals surface area (Å²) in [5.41, 5.74) is 3.18. The summed E-state index contributed by atoms with van der Waals surface area (Å²) in [4.78, 5) is 29.3. The number of nitro groups is 1. The zero-order chi connectivity index (χ0) is 21.9. The lowest BCUT2D eigenvalue weighted by molar-refractivity contribution is -0.386. The fourth-order valence-corrected chi connectivity index (χ4v) is 2.73. The Labute approximate surface area is 174 Å². The van der Waals surface area contributed by atoms with E-state index in [4.69, 9.17) is 9.47 Å². The van der Waals surface area contributed by atoms with Crippen LogP contribution in [0.2, 0.25) is 0 Å². The standard InChI is InChI=1S/C20H27N5O5/c1-4-6-7-8-9-30-19-16(25(27)28)10-14(11-17(19)29-3)13-21-24-20-22-15(5-2)12-18(26)23-20/h10-13H,4-9H2,1-3H3,(H2,22,23,24,26)/b21-13-. The number of aromatic nitrogens is 2. The van der Waals surface area contributed by atoms with Crippen molar-refractivity contribution >= 4 is 17.9 Å². The minimum Gasteiger partial charge on any atom is -0.493 e. The van der Waals surface area contributed by atoms with E-state index in [0.717, 1.165) is 25.7 Å². The van der Waals surface area contributed by atoms with Crippen LogP contribution < -0.4 is 20.5 Å². The number of nitro benzene ring substituents is 1. The Bertz CT molecular complexity index is 942. The first kappa shape index (κ1) is 22.9. The molecule has 2 aromatic rings. The van der Waals surface area contributed by atoms with Gasteiger partial charge in [-0.1, -0.05) is 33.1 Å². The number of unbranched alkanes of at least 4 members (excludes halogenated alkanes) is 3. The van der Waals surface area contributed by atoms with Crippen LogP contribution in [0.4, 0.5) is 11.6 Å². The summed E-state index contributed by atoms with van der Waals surface area (Å²) in [6, 6.07) is 4.36. The van der Waals surface area contributed by atoms with Gasteiger partial charge in [-0.15, -0.1) is 0 Å². The van der Waals surface area contributed by atoms with E-state index < -0.39 is 4.92 Å². The second-order valence-electron chi connectivity index (χ2n) is 6.55. The number of aryl methyl sites for hydroxylation is 1. The van der Waals surface area contributed by atoms with Gasteiger partial charge in [-0.3, -0.25) is 19.9 Å². The number of methoxy groups -OCH3 is 1. The monoisotopic (exact) mass is 417 g/mol. The minimum atomic E-state index is -0.515. The lowest BCUT2D eigenvalue weighted by Gasteiger charge is -2.12. The average molecular weight is 417 g/mol. The third kappa shape index (κ3) is 6.57. The molecule has 0 amide bonds. The molecule has 0 aliphatic rings. The van der Waals surface area contributed by atoms with E-state index in [-0.39, 0.29) is 28.7 Å². The molecule has 0 bridgehead atoms. The van der Waals surface area contributed by atoms with Crippen molar-refractivity contribution in [1.82, 2.24) is 9.97 Å². The van der Waals surface area contributed by atoms with Gasteiger partial charge in [-0.05, 0) is 18.9 Å². The van der Waals surface area contributed by atoms with E-state index in [0.29, 0.717) is 24.3 Å². The Morgan fingerprint density at radius 3 is 2.73 bits per heavy atom. The largest absolute Gasteiger partial charge is 0.493 e. The molecule has 0 saturated carbocycles. The molecule has 0 spiro atoms. The van der Waals surface area contributed by atoms with Crippen molar-refractivity contribution in [2.24, 2.45) is 5.10 Å². The molecule has 162 valence electrons. The second kappa shape index (κ2) is 11.5. The third-order valence-electron chi connectivity index (χ3n) is 4.26. The van der Waals surface area contributed by atoms with E-state index in [1.54, 1.807) is 6.07 Å². The summed E-state index contributed by atoms with van der Waals surface area (Å²) in [5, 5.41) is 15.5. The van der Waals surface area contributed by atoms with Crippen molar-refractivity contribution in [1.29, 1.82) is 0 Å². The lowest BCUT2D eigenvalue weighted by Crippen LogP contribution is -2.11. The van der Waals surface area contributed by atoms with E-state index in [9.17, 15) is 14.9 Å². The Hall–Kier alpha value is -3.43. The molecule has 0 atom stereocenters. The molecule has 1 heterocycles. The summed E-state index contributed by atoms with van der Waals surface area (Å²) in [6.07, 6.45) is 5.97. The number of hydrazone groups is 1. The number of aromatic amines is 1. The highest BCUT2D eigenvalue weighted by Crippen LogP contribution is 2.38. The Balaban J connectivity index is 2.19. The molecule has 0 saturated heterocycles. The smallest absolute Gasteiger partial charge is 0.315 e. The fourth-order valence-electron chi connectivity index (χ4n) is 2.73. The number of ether oxygens (including phenoxy) is 2. The summed E-state index contributed by atoms with van der Waals surface area (Å²) >= 11 is 0. The molecule has 0 fully saturated rings. The number of rotatable bonds is 12. The van der Waals surface area contributed by atoms with Gasteiger partial charge in [0, 0.05) is 23.4 Å². The van der Waals surface area contributed by atoms with Gasteiger partial charge in [0.2, 0.25) is 11.7 Å². The molecule has 2 N–H and O–H groups in total. The number of nitrogens with one attached hydrogen (secondary N) is 2. The average Bonchev–Trinajstić information content (AvgIpc) is 2.73. The Morgan fingerprint density at radius 1 is 1.27 bits per heavy atom. The van der Waals surface area contributed by atoms with Crippen LogP contribution in [0.15, 0.2) is 28.1 Å². The van der Waals surface area contributed by atoms with Crippen LogP contribution in [-0.4, -0.2) is 34.8 Å². The second-order valence-corrected chi connectivity index (χ2v) is 6.55. The quantitative estimate of drug-likeness (QED) is 0.233. The van der Waals surface area contributed by atoms with Crippen LogP contribution in [-0.2, 0) is 6.42 Å². The predicted octanol–water partition coefficient (Wildman–Crippen LogP) is 3.65. The lowest BCUT2D eigenvalue weighted by atomic mass is 10.1. The number of nitrogens with zero attached hydrogens (tertiary/aromatic N) is 3. The molecule has 0 aliphatic heterocycles. The molecular formula is C20H27N5O5. The molecule has 1 aromatic carbocycles. The van der Waals surface area contributed by atoms with E-state index in [1.807, 2.05) is 6.92 Å². The number of hydrogen-bond acceptors (Lipinski definition) is 8. The van der Waals surface area contributed by atoms with Crippen LogP contribution in [0, 0.1) is 10.1 Å². The summed E-state index contributed by atoms with van der Waals surface area (Å²) < 4.78 is 11.0. The SMILES string of the molecule is CCCCCCOc1c(OC)cc(/C=N\Nc2nc(CC)cc(=O)[nH]2)cc1[N+](=O)[O-]. The van der Waals surface area contributed by atoms with Gasteiger partial charge in [0.05, 0.1) is 24.9 Å². The van der Waals surface area contributed by atoms with Gasteiger partial charge in [0.1, 0.15) is 0 Å². The van der Waals surface area contributed by atoms with Crippen LogP contribution in [0.3, 0.4) is 0 Å². The highest BCUT2D eigenvalue weighted by atomic mass is 16.6. The molecule has 1 aromatic heterocycles. The Morgan fingerprint density at radius 2 is 2.07 bits per heavy atom. The summed E-state index contributed by atoms with van der Waals surface area (Å²) in [5.74, 6) is 0.538. The van der Waals surface area contributed by atoms with Gasteiger partial charge in [-0.2, -0.15) is 5.10 Å². The number of anilines is 1. The third-order valence-corrected chi connectivity index (χ3v) is 4.26. The normalized spacial score (nSPS) is 10.9. The maximum Gasteiger partial charge on any atom is 0.315 e. The van der Waals surface area contributed by atoms with Crippen LogP contribution in [0.5, 0.6) is 11.5 Å². The first-order valence-electron chi connectivity index (χ1n) is 9.87. The molecule has 10 nitrogen and oxygen atoms in total. The van der Waals surface area contributed by atoms with Gasteiger partial charge in [-0.25, -0.2) is 10.4 Å². The zero-order valence-corrected chi connectivity index (χ0v) is 17.4. The highest BCUT2D eigenvalue weighted by Gasteiger charge is 2.22. The van der Waals surface area contributed by atoms with Crippen LogP contribution >= 0.6 is 0 Å². The van der Waals surface area contributed by atoms with Crippen molar-refractivity contribution < 1.29 is 14.4 Å². The Kier molecular flexibility index (Phi) is 8.79. The van der Waals surface area contributed by atoms with Gasteiger partial charge < -0.3 is 9.47 Å². The topological polar surface area (TPSA) is 132 Å². The van der Waals surface area contributed by atoms with Crippen molar-refractivity contribution in [2.45, 2.75) is 46.0 Å². The van der Waals surface area contributed by atoms with E-state index in [2.05, 4.69) is 27.4 Å². The van der Waals surface area contributed by atoms with Crippen LogP contribution in [0.25, 0.3) is 0 Å². The van der Waals surface area contributed by atoms with Gasteiger partial charge in [0.15, 0.2) is 5.75 Å². The number of H-pyrrole nitrogens is 1. The van der Waals surface area contributed by atoms with Gasteiger partial charge in [0.25, 0.3) is 5.56 Å². The summed E-state index contributed by atoms with van der Waals surface area (Å²) in [7, 11) is 1.42. The molecule has 0 aliphatic carbocycles. The zero-order valence-electron chi connectivity index (χ0n) is 17.4. The number of hydrogen-bond donors (Lipinski definition) is 2.